The first-order valence-corrected chi connectivity index (χ1v) is 6.48. The number of aliphatic carboxylic acids is 1. The molecule has 0 saturated heterocycles. The second-order valence-corrected chi connectivity index (χ2v) is 5.59. The number of ether oxygens (including phenoxy) is 2. The Kier molecular flexibility index (Phi) is 7.72. The van der Waals surface area contributed by atoms with E-state index in [1.54, 1.807) is 20.8 Å². The summed E-state index contributed by atoms with van der Waals surface area (Å²) < 4.78 is 9.43. The number of carbonyl (C=O) groups excluding carboxylic acids is 2. The molecule has 0 fully saturated rings. The van der Waals surface area contributed by atoms with E-state index < -0.39 is 42.1 Å². The number of methoxy groups -OCH3 is 1. The minimum atomic E-state index is -1.20. The summed E-state index contributed by atoms with van der Waals surface area (Å²) in [5, 5.41) is 21.0. The SMILES string of the molecule is COC(=O)CC(CC(=O)O)C(O)CNC(=O)OC(C)(C)C. The van der Waals surface area contributed by atoms with E-state index >= 15 is 0 Å². The summed E-state index contributed by atoms with van der Waals surface area (Å²) >= 11 is 0. The molecule has 0 saturated carbocycles. The zero-order chi connectivity index (χ0) is 16.6. The van der Waals surface area contributed by atoms with Crippen molar-refractivity contribution in [1.82, 2.24) is 5.32 Å². The molecule has 0 radical (unpaired) electrons. The van der Waals surface area contributed by atoms with E-state index in [2.05, 4.69) is 10.1 Å². The average Bonchev–Trinajstić information content (AvgIpc) is 2.32. The first-order chi connectivity index (χ1) is 9.55. The van der Waals surface area contributed by atoms with Gasteiger partial charge < -0.3 is 25.0 Å². The highest BCUT2D eigenvalue weighted by atomic mass is 16.6. The molecule has 0 aromatic rings. The lowest BCUT2D eigenvalue weighted by molar-refractivity contribution is -0.144. The molecule has 0 aliphatic heterocycles. The lowest BCUT2D eigenvalue weighted by Gasteiger charge is -2.23. The van der Waals surface area contributed by atoms with Gasteiger partial charge in [0.25, 0.3) is 0 Å². The van der Waals surface area contributed by atoms with E-state index in [-0.39, 0.29) is 13.0 Å². The number of nitrogens with one attached hydrogen (secondary N) is 1. The Balaban J connectivity index is 4.46. The van der Waals surface area contributed by atoms with Crippen molar-refractivity contribution < 1.29 is 34.1 Å². The fraction of sp³-hybridized carbons (Fsp3) is 0.769. The molecule has 0 spiro atoms. The van der Waals surface area contributed by atoms with Crippen molar-refractivity contribution in [3.63, 3.8) is 0 Å². The highest BCUT2D eigenvalue weighted by Gasteiger charge is 2.26. The number of hydrogen-bond donors (Lipinski definition) is 3. The maximum Gasteiger partial charge on any atom is 0.407 e. The number of aliphatic hydroxyl groups is 1. The van der Waals surface area contributed by atoms with Gasteiger partial charge >= 0.3 is 18.0 Å². The minimum Gasteiger partial charge on any atom is -0.481 e. The normalized spacial score (nSPS) is 14.0. The molecule has 0 aliphatic rings. The molecule has 0 aromatic heterocycles. The van der Waals surface area contributed by atoms with E-state index in [1.165, 1.54) is 7.11 Å². The van der Waals surface area contributed by atoms with E-state index in [1.807, 2.05) is 0 Å². The van der Waals surface area contributed by atoms with Gasteiger partial charge in [0, 0.05) is 12.5 Å². The van der Waals surface area contributed by atoms with Gasteiger partial charge in [0.2, 0.25) is 0 Å². The van der Waals surface area contributed by atoms with Gasteiger partial charge in [0.05, 0.1) is 26.1 Å². The van der Waals surface area contributed by atoms with Gasteiger partial charge in [0.1, 0.15) is 5.60 Å². The first-order valence-electron chi connectivity index (χ1n) is 6.48. The molecular weight excluding hydrogens is 282 g/mol. The number of alkyl carbamates (subject to hydrolysis) is 1. The summed E-state index contributed by atoms with van der Waals surface area (Å²) in [4.78, 5) is 33.4. The topological polar surface area (TPSA) is 122 Å². The molecule has 2 unspecified atom stereocenters. The summed E-state index contributed by atoms with van der Waals surface area (Å²) in [7, 11) is 1.17. The number of carbonyl (C=O) groups is 3. The molecular formula is C13H23NO7. The zero-order valence-electron chi connectivity index (χ0n) is 12.7. The number of rotatable bonds is 7. The molecule has 21 heavy (non-hydrogen) atoms. The molecule has 0 rings (SSSR count). The number of esters is 1. The van der Waals surface area contributed by atoms with Crippen LogP contribution in [0.15, 0.2) is 0 Å². The predicted molar refractivity (Wildman–Crippen MR) is 72.6 cm³/mol. The van der Waals surface area contributed by atoms with Crippen LogP contribution in [0.1, 0.15) is 33.6 Å². The van der Waals surface area contributed by atoms with Gasteiger partial charge in [-0.1, -0.05) is 0 Å². The van der Waals surface area contributed by atoms with Crippen molar-refractivity contribution in [1.29, 1.82) is 0 Å². The smallest absolute Gasteiger partial charge is 0.407 e. The van der Waals surface area contributed by atoms with E-state index in [0.717, 1.165) is 0 Å². The molecule has 0 bridgehead atoms. The quantitative estimate of drug-likeness (QED) is 0.586. The predicted octanol–water partition coefficient (Wildman–Crippen LogP) is 0.526. The number of aliphatic hydroxyl groups excluding tert-OH is 1. The van der Waals surface area contributed by atoms with Crippen molar-refractivity contribution in [2.24, 2.45) is 5.92 Å². The van der Waals surface area contributed by atoms with Crippen LogP contribution in [0.4, 0.5) is 4.79 Å². The Morgan fingerprint density at radius 3 is 2.19 bits per heavy atom. The monoisotopic (exact) mass is 305 g/mol. The van der Waals surface area contributed by atoms with Crippen LogP contribution in [0.5, 0.6) is 0 Å². The summed E-state index contributed by atoms with van der Waals surface area (Å²) in [6.07, 6.45) is -2.59. The fourth-order valence-electron chi connectivity index (χ4n) is 1.53. The van der Waals surface area contributed by atoms with Crippen LogP contribution in [0, 0.1) is 5.92 Å². The summed E-state index contributed by atoms with van der Waals surface area (Å²) in [5.41, 5.74) is -0.679. The van der Waals surface area contributed by atoms with Crippen LogP contribution >= 0.6 is 0 Å². The van der Waals surface area contributed by atoms with Gasteiger partial charge in [-0.05, 0) is 20.8 Å². The van der Waals surface area contributed by atoms with Gasteiger partial charge in [-0.15, -0.1) is 0 Å². The molecule has 122 valence electrons. The van der Waals surface area contributed by atoms with Crippen LogP contribution in [0.25, 0.3) is 0 Å². The molecule has 0 heterocycles. The molecule has 0 aromatic carbocycles. The minimum absolute atomic E-state index is 0.218. The first kappa shape index (κ1) is 19.2. The Bertz CT molecular complexity index is 375. The maximum absolute atomic E-state index is 11.4. The average molecular weight is 305 g/mol. The molecule has 2 atom stereocenters. The summed E-state index contributed by atoms with van der Waals surface area (Å²) in [6.45, 7) is 4.85. The van der Waals surface area contributed by atoms with Crippen molar-refractivity contribution >= 4 is 18.0 Å². The zero-order valence-corrected chi connectivity index (χ0v) is 12.7. The van der Waals surface area contributed by atoms with Crippen LogP contribution in [-0.4, -0.2) is 53.6 Å². The number of carboxylic acids is 1. The Hall–Kier alpha value is -1.83. The van der Waals surface area contributed by atoms with Crippen molar-refractivity contribution in [2.75, 3.05) is 13.7 Å². The Labute approximate surface area is 123 Å². The number of carboxylic acid groups (broad SMARTS) is 1. The largest absolute Gasteiger partial charge is 0.481 e. The van der Waals surface area contributed by atoms with Crippen LogP contribution in [-0.2, 0) is 19.1 Å². The van der Waals surface area contributed by atoms with Gasteiger partial charge in [-0.2, -0.15) is 0 Å². The standard InChI is InChI=1S/C13H23NO7/c1-13(2,3)21-12(19)14-7-9(15)8(5-10(16)17)6-11(18)20-4/h8-9,15H,5-7H2,1-4H3,(H,14,19)(H,16,17). The van der Waals surface area contributed by atoms with Gasteiger partial charge in [-0.25, -0.2) is 4.79 Å². The van der Waals surface area contributed by atoms with Crippen LogP contribution in [0.3, 0.4) is 0 Å². The third-order valence-electron chi connectivity index (χ3n) is 2.49. The third-order valence-corrected chi connectivity index (χ3v) is 2.49. The van der Waals surface area contributed by atoms with E-state index in [9.17, 15) is 19.5 Å². The molecule has 0 aliphatic carbocycles. The number of amides is 1. The fourth-order valence-corrected chi connectivity index (χ4v) is 1.53. The lowest BCUT2D eigenvalue weighted by atomic mass is 9.95. The Morgan fingerprint density at radius 2 is 1.76 bits per heavy atom. The highest BCUT2D eigenvalue weighted by Crippen LogP contribution is 2.15. The second-order valence-electron chi connectivity index (χ2n) is 5.59. The highest BCUT2D eigenvalue weighted by molar-refractivity contribution is 5.72. The lowest BCUT2D eigenvalue weighted by Crippen LogP contribution is -2.40. The second kappa shape index (κ2) is 8.46. The molecule has 3 N–H and O–H groups in total. The molecule has 8 heteroatoms. The number of hydrogen-bond acceptors (Lipinski definition) is 6. The Morgan fingerprint density at radius 1 is 1.19 bits per heavy atom. The molecule has 8 nitrogen and oxygen atoms in total. The molecule has 1 amide bonds. The van der Waals surface area contributed by atoms with Crippen LogP contribution < -0.4 is 5.32 Å². The summed E-state index contributed by atoms with van der Waals surface area (Å²) in [5.74, 6) is -2.64. The van der Waals surface area contributed by atoms with Gasteiger partial charge in [0.15, 0.2) is 0 Å². The third kappa shape index (κ3) is 9.67. The summed E-state index contributed by atoms with van der Waals surface area (Å²) in [6, 6.07) is 0. The van der Waals surface area contributed by atoms with Crippen LogP contribution in [0.2, 0.25) is 0 Å². The van der Waals surface area contributed by atoms with Gasteiger partial charge in [-0.3, -0.25) is 9.59 Å². The maximum atomic E-state index is 11.4. The van der Waals surface area contributed by atoms with E-state index in [0.29, 0.717) is 0 Å². The van der Waals surface area contributed by atoms with Crippen molar-refractivity contribution in [3.8, 4) is 0 Å². The van der Waals surface area contributed by atoms with Crippen molar-refractivity contribution in [3.05, 3.63) is 0 Å². The van der Waals surface area contributed by atoms with E-state index in [4.69, 9.17) is 9.84 Å². The van der Waals surface area contributed by atoms with Crippen molar-refractivity contribution in [2.45, 2.75) is 45.3 Å².